The fourth-order valence-corrected chi connectivity index (χ4v) is 6.79. The Labute approximate surface area is 224 Å². The van der Waals surface area contributed by atoms with Crippen LogP contribution in [0.4, 0.5) is 13.2 Å². The number of aromatic nitrogens is 5. The van der Waals surface area contributed by atoms with Crippen molar-refractivity contribution in [1.82, 2.24) is 29.2 Å². The van der Waals surface area contributed by atoms with Crippen molar-refractivity contribution in [2.75, 3.05) is 13.1 Å². The molecule has 0 spiro atoms. The van der Waals surface area contributed by atoms with Gasteiger partial charge < -0.3 is 9.55 Å². The Morgan fingerprint density at radius 3 is 2.62 bits per heavy atom. The molecule has 1 saturated carbocycles. The van der Waals surface area contributed by atoms with Crippen molar-refractivity contribution < 1.29 is 13.2 Å². The number of piperidine rings is 1. The van der Waals surface area contributed by atoms with E-state index in [9.17, 15) is 18.0 Å². The van der Waals surface area contributed by atoms with Crippen LogP contribution in [0.15, 0.2) is 47.7 Å². The van der Waals surface area contributed by atoms with Crippen molar-refractivity contribution in [3.63, 3.8) is 0 Å². The van der Waals surface area contributed by atoms with Crippen LogP contribution in [0.3, 0.4) is 0 Å². The number of hydrogen-bond acceptors (Lipinski definition) is 4. The minimum Gasteiger partial charge on any atom is -0.353 e. The molecular weight excluding hydrogens is 505 g/mol. The molecule has 0 amide bonds. The van der Waals surface area contributed by atoms with Crippen LogP contribution >= 0.6 is 0 Å². The number of H-pyrrole nitrogens is 1. The maximum Gasteiger partial charge on any atom is 0.418 e. The highest BCUT2D eigenvalue weighted by atomic mass is 19.4. The van der Waals surface area contributed by atoms with Gasteiger partial charge in [-0.3, -0.25) is 14.3 Å². The molecule has 2 fully saturated rings. The summed E-state index contributed by atoms with van der Waals surface area (Å²) in [5.74, 6) is 1.83. The standard InChI is InChI=1S/C29H33F3N6O/c1-18-6-5-9-37(14-18)15-21-11-23-24(29(30,31)32)16-38(26(39)25(23)34-21)22-8-4-7-20(10-22)28(12-19(2)13-28)27-35-33-17-36(27)3/h4,7-8,10-11,16-19,34H,5-6,9,12-15H2,1-3H3/t18-,19?,28?/m1/s1. The SMILES string of the molecule is CC1CC(c2cccc(-n3cc(C(F)(F)F)c4cc(CN5CCC[C@@H](C)C5)[nH]c4c3=O)c2)(c2nncn2C)C1. The first kappa shape index (κ1) is 25.9. The number of likely N-dealkylation sites (tertiary alicyclic amines) is 1. The van der Waals surface area contributed by atoms with Gasteiger partial charge in [0.25, 0.3) is 5.56 Å². The van der Waals surface area contributed by atoms with E-state index in [1.165, 1.54) is 6.07 Å². The summed E-state index contributed by atoms with van der Waals surface area (Å²) in [4.78, 5) is 19.0. The van der Waals surface area contributed by atoms with Crippen molar-refractivity contribution in [2.45, 2.75) is 57.7 Å². The number of alkyl halides is 3. The average Bonchev–Trinajstić information content (AvgIpc) is 3.48. The summed E-state index contributed by atoms with van der Waals surface area (Å²) in [5.41, 5.74) is 0.203. The van der Waals surface area contributed by atoms with Gasteiger partial charge in [0.2, 0.25) is 0 Å². The molecule has 4 heterocycles. The Morgan fingerprint density at radius 2 is 1.95 bits per heavy atom. The van der Waals surface area contributed by atoms with Crippen LogP contribution in [0, 0.1) is 11.8 Å². The van der Waals surface area contributed by atoms with Crippen LogP contribution in [0.2, 0.25) is 0 Å². The van der Waals surface area contributed by atoms with Gasteiger partial charge in [-0.2, -0.15) is 13.2 Å². The largest absolute Gasteiger partial charge is 0.418 e. The van der Waals surface area contributed by atoms with Crippen molar-refractivity contribution in [3.05, 3.63) is 75.9 Å². The second kappa shape index (κ2) is 9.36. The molecule has 7 nitrogen and oxygen atoms in total. The third-order valence-electron chi connectivity index (χ3n) is 8.51. The van der Waals surface area contributed by atoms with Crippen LogP contribution in [-0.2, 0) is 25.2 Å². The number of halogens is 3. The minimum atomic E-state index is -4.62. The molecule has 1 aliphatic heterocycles. The Balaban J connectivity index is 1.45. The molecule has 1 N–H and O–H groups in total. The van der Waals surface area contributed by atoms with Gasteiger partial charge in [0.1, 0.15) is 17.7 Å². The van der Waals surface area contributed by atoms with Gasteiger partial charge >= 0.3 is 6.18 Å². The number of pyridine rings is 1. The smallest absolute Gasteiger partial charge is 0.353 e. The second-order valence-corrected chi connectivity index (χ2v) is 11.7. The Morgan fingerprint density at radius 1 is 1.15 bits per heavy atom. The molecule has 1 atom stereocenters. The molecule has 39 heavy (non-hydrogen) atoms. The molecular formula is C29H33F3N6O. The molecule has 206 valence electrons. The number of aryl methyl sites for hydroxylation is 1. The maximum absolute atomic E-state index is 14.3. The van der Waals surface area contributed by atoms with E-state index in [4.69, 9.17) is 0 Å². The summed E-state index contributed by atoms with van der Waals surface area (Å²) in [7, 11) is 1.89. The predicted octanol–water partition coefficient (Wildman–Crippen LogP) is 5.41. The number of nitrogens with zero attached hydrogens (tertiary/aromatic N) is 5. The summed E-state index contributed by atoms with van der Waals surface area (Å²) in [6.45, 7) is 6.63. The number of benzene rings is 1. The molecule has 0 bridgehead atoms. The molecule has 0 unspecified atom stereocenters. The van der Waals surface area contributed by atoms with E-state index in [1.807, 2.05) is 23.7 Å². The third kappa shape index (κ3) is 4.48. The monoisotopic (exact) mass is 538 g/mol. The number of rotatable bonds is 5. The van der Waals surface area contributed by atoms with E-state index < -0.39 is 22.7 Å². The molecule has 2 aliphatic rings. The van der Waals surface area contributed by atoms with Crippen LogP contribution in [0.25, 0.3) is 16.6 Å². The predicted molar refractivity (Wildman–Crippen MR) is 143 cm³/mol. The van der Waals surface area contributed by atoms with E-state index in [1.54, 1.807) is 18.5 Å². The first-order valence-electron chi connectivity index (χ1n) is 13.6. The lowest BCUT2D eigenvalue weighted by Gasteiger charge is -2.46. The first-order valence-corrected chi connectivity index (χ1v) is 13.6. The average molecular weight is 539 g/mol. The van der Waals surface area contributed by atoms with E-state index in [0.717, 1.165) is 60.9 Å². The molecule has 3 aromatic heterocycles. The molecule has 1 aromatic carbocycles. The fraction of sp³-hybridized carbons (Fsp3) is 0.483. The van der Waals surface area contributed by atoms with Gasteiger partial charge in [0, 0.05) is 43.1 Å². The highest BCUT2D eigenvalue weighted by Crippen LogP contribution is 2.51. The number of fused-ring (bicyclic) bond motifs is 1. The van der Waals surface area contributed by atoms with Crippen LogP contribution < -0.4 is 5.56 Å². The summed E-state index contributed by atoms with van der Waals surface area (Å²) in [5, 5.41) is 8.35. The molecule has 1 saturated heterocycles. The molecule has 6 rings (SSSR count). The van der Waals surface area contributed by atoms with Crippen LogP contribution in [0.1, 0.15) is 62.2 Å². The van der Waals surface area contributed by atoms with Gasteiger partial charge in [-0.25, -0.2) is 0 Å². The molecule has 0 radical (unpaired) electrons. The Kier molecular flexibility index (Phi) is 6.21. The maximum atomic E-state index is 14.3. The zero-order valence-corrected chi connectivity index (χ0v) is 22.4. The van der Waals surface area contributed by atoms with Gasteiger partial charge in [0.15, 0.2) is 0 Å². The lowest BCUT2D eigenvalue weighted by atomic mass is 9.58. The Hall–Kier alpha value is -3.40. The minimum absolute atomic E-state index is 0.0180. The van der Waals surface area contributed by atoms with Crippen molar-refractivity contribution in [2.24, 2.45) is 18.9 Å². The van der Waals surface area contributed by atoms with Gasteiger partial charge in [0.05, 0.1) is 11.0 Å². The number of hydrogen-bond donors (Lipinski definition) is 1. The third-order valence-corrected chi connectivity index (χ3v) is 8.51. The summed E-state index contributed by atoms with van der Waals surface area (Å²) in [6.07, 6.45) is 1.90. The zero-order chi connectivity index (χ0) is 27.5. The number of nitrogens with one attached hydrogen (secondary N) is 1. The van der Waals surface area contributed by atoms with E-state index >= 15 is 0 Å². The highest BCUT2D eigenvalue weighted by Gasteiger charge is 2.48. The van der Waals surface area contributed by atoms with Crippen molar-refractivity contribution >= 4 is 10.9 Å². The summed E-state index contributed by atoms with van der Waals surface area (Å²) in [6, 6.07) is 8.77. The first-order chi connectivity index (χ1) is 18.5. The normalized spacial score (nSPS) is 24.3. The number of aromatic amines is 1. The van der Waals surface area contributed by atoms with Gasteiger partial charge in [-0.15, -0.1) is 10.2 Å². The quantitative estimate of drug-likeness (QED) is 0.369. The van der Waals surface area contributed by atoms with E-state index in [-0.39, 0.29) is 10.9 Å². The van der Waals surface area contributed by atoms with Crippen LogP contribution in [0.5, 0.6) is 0 Å². The molecule has 1 aliphatic carbocycles. The Bertz CT molecular complexity index is 1580. The fourth-order valence-electron chi connectivity index (χ4n) is 6.79. The highest BCUT2D eigenvalue weighted by molar-refractivity contribution is 5.84. The topological polar surface area (TPSA) is 71.7 Å². The van der Waals surface area contributed by atoms with Crippen molar-refractivity contribution in [1.29, 1.82) is 0 Å². The molecule has 4 aromatic rings. The lowest BCUT2D eigenvalue weighted by molar-refractivity contribution is -0.136. The van der Waals surface area contributed by atoms with Gasteiger partial charge in [-0.05, 0) is 67.8 Å². The van der Waals surface area contributed by atoms with Gasteiger partial charge in [-0.1, -0.05) is 26.0 Å². The van der Waals surface area contributed by atoms with Crippen LogP contribution in [-0.4, -0.2) is 42.3 Å². The molecule has 10 heteroatoms. The second-order valence-electron chi connectivity index (χ2n) is 11.7. The van der Waals surface area contributed by atoms with E-state index in [0.29, 0.717) is 29.8 Å². The van der Waals surface area contributed by atoms with E-state index in [2.05, 4.69) is 33.9 Å². The summed E-state index contributed by atoms with van der Waals surface area (Å²) < 4.78 is 46.0. The van der Waals surface area contributed by atoms with Crippen molar-refractivity contribution in [3.8, 4) is 5.69 Å². The zero-order valence-electron chi connectivity index (χ0n) is 22.4. The lowest BCUT2D eigenvalue weighted by Crippen LogP contribution is -2.43. The summed E-state index contributed by atoms with van der Waals surface area (Å²) >= 11 is 0.